The van der Waals surface area contributed by atoms with Gasteiger partial charge in [-0.25, -0.2) is 4.98 Å². The Kier molecular flexibility index (Phi) is 6.62. The molecule has 0 spiro atoms. The maximum absolute atomic E-state index is 12.7. The van der Waals surface area contributed by atoms with E-state index in [-0.39, 0.29) is 5.91 Å². The number of rotatable bonds is 8. The zero-order valence-corrected chi connectivity index (χ0v) is 17.6. The van der Waals surface area contributed by atoms with Gasteiger partial charge in [-0.1, -0.05) is 30.3 Å². The van der Waals surface area contributed by atoms with Gasteiger partial charge in [0.15, 0.2) is 0 Å². The molecule has 1 aliphatic rings. The molecule has 1 N–H and O–H groups in total. The Labute approximate surface area is 182 Å². The highest BCUT2D eigenvalue weighted by molar-refractivity contribution is 5.97. The van der Waals surface area contributed by atoms with Crippen molar-refractivity contribution in [3.05, 3.63) is 72.1 Å². The van der Waals surface area contributed by atoms with Crippen molar-refractivity contribution in [1.82, 2.24) is 15.3 Å². The van der Waals surface area contributed by atoms with Crippen LogP contribution in [0.25, 0.3) is 0 Å². The summed E-state index contributed by atoms with van der Waals surface area (Å²) >= 11 is 0. The summed E-state index contributed by atoms with van der Waals surface area (Å²) in [5.74, 6) is 3.07. The first-order valence-corrected chi connectivity index (χ1v) is 10.5. The van der Waals surface area contributed by atoms with Crippen LogP contribution in [0.1, 0.15) is 29.0 Å². The number of aryl methyl sites for hydroxylation is 1. The summed E-state index contributed by atoms with van der Waals surface area (Å²) in [5.41, 5.74) is 0.473. The van der Waals surface area contributed by atoms with Crippen molar-refractivity contribution < 1.29 is 14.3 Å². The van der Waals surface area contributed by atoms with Crippen LogP contribution in [-0.2, 0) is 0 Å². The second-order valence-corrected chi connectivity index (χ2v) is 7.32. The molecule has 4 rings (SSSR count). The summed E-state index contributed by atoms with van der Waals surface area (Å²) < 4.78 is 11.6. The van der Waals surface area contributed by atoms with E-state index in [2.05, 4.69) is 20.2 Å². The van der Waals surface area contributed by atoms with Gasteiger partial charge >= 0.3 is 0 Å². The summed E-state index contributed by atoms with van der Waals surface area (Å²) in [6.45, 7) is 4.54. The molecule has 0 aliphatic carbocycles. The topological polar surface area (TPSA) is 76.6 Å². The molecule has 1 saturated heterocycles. The lowest BCUT2D eigenvalue weighted by Crippen LogP contribution is -2.28. The predicted molar refractivity (Wildman–Crippen MR) is 119 cm³/mol. The minimum absolute atomic E-state index is 0.216. The first-order chi connectivity index (χ1) is 15.2. The second kappa shape index (κ2) is 9.93. The Morgan fingerprint density at radius 2 is 1.77 bits per heavy atom. The Bertz CT molecular complexity index is 1020. The van der Waals surface area contributed by atoms with Gasteiger partial charge in [-0.2, -0.15) is 4.98 Å². The summed E-state index contributed by atoms with van der Waals surface area (Å²) in [4.78, 5) is 23.8. The number of hydrogen-bond acceptors (Lipinski definition) is 6. The molecule has 1 fully saturated rings. The third-order valence-electron chi connectivity index (χ3n) is 4.97. The van der Waals surface area contributed by atoms with E-state index in [0.29, 0.717) is 41.9 Å². The van der Waals surface area contributed by atoms with Crippen LogP contribution in [0.2, 0.25) is 0 Å². The van der Waals surface area contributed by atoms with Gasteiger partial charge in [0, 0.05) is 19.2 Å². The van der Waals surface area contributed by atoms with Gasteiger partial charge in [-0.3, -0.25) is 4.79 Å². The van der Waals surface area contributed by atoms with Gasteiger partial charge in [0.25, 0.3) is 5.91 Å². The van der Waals surface area contributed by atoms with E-state index >= 15 is 0 Å². The molecule has 2 heterocycles. The molecule has 1 aromatic heterocycles. The fourth-order valence-electron chi connectivity index (χ4n) is 3.48. The lowest BCUT2D eigenvalue weighted by Gasteiger charge is -2.17. The summed E-state index contributed by atoms with van der Waals surface area (Å²) in [7, 11) is 0. The summed E-state index contributed by atoms with van der Waals surface area (Å²) in [6, 6.07) is 18.4. The van der Waals surface area contributed by atoms with Crippen LogP contribution < -0.4 is 19.7 Å². The first-order valence-electron chi connectivity index (χ1n) is 10.5. The molecule has 1 amide bonds. The van der Waals surface area contributed by atoms with Crippen molar-refractivity contribution in [1.29, 1.82) is 0 Å². The number of carbonyl (C=O) groups excluding carboxylic acids is 1. The number of benzene rings is 2. The Morgan fingerprint density at radius 1 is 1.03 bits per heavy atom. The SMILES string of the molecule is Cc1nc(OCCNC(=O)c2ccccc2Oc2ccccc2)cc(N2CCCC2)n1. The van der Waals surface area contributed by atoms with E-state index in [1.165, 1.54) is 12.8 Å². The molecule has 2 aromatic carbocycles. The fourth-order valence-corrected chi connectivity index (χ4v) is 3.48. The lowest BCUT2D eigenvalue weighted by molar-refractivity contribution is 0.0944. The van der Waals surface area contributed by atoms with Crippen LogP contribution in [0.5, 0.6) is 17.4 Å². The molecular formula is C24H26N4O3. The highest BCUT2D eigenvalue weighted by Gasteiger charge is 2.16. The highest BCUT2D eigenvalue weighted by atomic mass is 16.5. The number of ether oxygens (including phenoxy) is 2. The zero-order valence-electron chi connectivity index (χ0n) is 17.6. The zero-order chi connectivity index (χ0) is 21.5. The molecule has 0 unspecified atom stereocenters. The van der Waals surface area contributed by atoms with Crippen molar-refractivity contribution in [2.45, 2.75) is 19.8 Å². The fraction of sp³-hybridized carbons (Fsp3) is 0.292. The molecule has 3 aromatic rings. The third kappa shape index (κ3) is 5.51. The molecular weight excluding hydrogens is 392 g/mol. The number of nitrogens with zero attached hydrogens (tertiary/aromatic N) is 3. The maximum Gasteiger partial charge on any atom is 0.255 e. The summed E-state index contributed by atoms with van der Waals surface area (Å²) in [5, 5.41) is 2.88. The van der Waals surface area contributed by atoms with E-state index in [1.807, 2.05) is 55.5 Å². The van der Waals surface area contributed by atoms with Gasteiger partial charge in [0.2, 0.25) is 5.88 Å². The van der Waals surface area contributed by atoms with Gasteiger partial charge in [-0.15, -0.1) is 0 Å². The minimum Gasteiger partial charge on any atom is -0.476 e. The number of nitrogens with one attached hydrogen (secondary N) is 1. The van der Waals surface area contributed by atoms with Crippen LogP contribution in [-0.4, -0.2) is 42.1 Å². The van der Waals surface area contributed by atoms with Crippen LogP contribution in [0, 0.1) is 6.92 Å². The van der Waals surface area contributed by atoms with Crippen LogP contribution in [0.15, 0.2) is 60.7 Å². The first kappa shape index (κ1) is 20.7. The molecule has 0 saturated carbocycles. The van der Waals surface area contributed by atoms with Gasteiger partial charge in [-0.05, 0) is 44.0 Å². The van der Waals surface area contributed by atoms with E-state index in [9.17, 15) is 4.79 Å². The average molecular weight is 418 g/mol. The van der Waals surface area contributed by atoms with Crippen molar-refractivity contribution in [3.63, 3.8) is 0 Å². The van der Waals surface area contributed by atoms with Crippen molar-refractivity contribution >= 4 is 11.7 Å². The van der Waals surface area contributed by atoms with Gasteiger partial charge < -0.3 is 19.7 Å². The Hall–Kier alpha value is -3.61. The quantitative estimate of drug-likeness (QED) is 0.558. The number of amides is 1. The number of anilines is 1. The Morgan fingerprint density at radius 3 is 2.58 bits per heavy atom. The molecule has 7 nitrogen and oxygen atoms in total. The highest BCUT2D eigenvalue weighted by Crippen LogP contribution is 2.25. The summed E-state index contributed by atoms with van der Waals surface area (Å²) in [6.07, 6.45) is 2.36. The van der Waals surface area contributed by atoms with Crippen molar-refractivity contribution in [2.75, 3.05) is 31.1 Å². The number of aromatic nitrogens is 2. The molecule has 0 atom stereocenters. The van der Waals surface area contributed by atoms with Crippen molar-refractivity contribution in [3.8, 4) is 17.4 Å². The predicted octanol–water partition coefficient (Wildman–Crippen LogP) is 3.99. The molecule has 0 bridgehead atoms. The number of carbonyl (C=O) groups is 1. The minimum atomic E-state index is -0.216. The average Bonchev–Trinajstić information content (AvgIpc) is 3.32. The van der Waals surface area contributed by atoms with Crippen LogP contribution in [0.4, 0.5) is 5.82 Å². The second-order valence-electron chi connectivity index (χ2n) is 7.32. The van der Waals surface area contributed by atoms with E-state index < -0.39 is 0 Å². The maximum atomic E-state index is 12.7. The number of hydrogen-bond donors (Lipinski definition) is 1. The monoisotopic (exact) mass is 418 g/mol. The number of para-hydroxylation sites is 2. The van der Waals surface area contributed by atoms with E-state index in [0.717, 1.165) is 18.9 Å². The smallest absolute Gasteiger partial charge is 0.255 e. The van der Waals surface area contributed by atoms with E-state index in [4.69, 9.17) is 9.47 Å². The Balaban J connectivity index is 1.32. The third-order valence-corrected chi connectivity index (χ3v) is 4.97. The van der Waals surface area contributed by atoms with Gasteiger partial charge in [0.05, 0.1) is 12.1 Å². The van der Waals surface area contributed by atoms with Crippen LogP contribution >= 0.6 is 0 Å². The van der Waals surface area contributed by atoms with Crippen LogP contribution in [0.3, 0.4) is 0 Å². The van der Waals surface area contributed by atoms with Crippen molar-refractivity contribution in [2.24, 2.45) is 0 Å². The molecule has 0 radical (unpaired) electrons. The lowest BCUT2D eigenvalue weighted by atomic mass is 10.2. The van der Waals surface area contributed by atoms with Gasteiger partial charge in [0.1, 0.15) is 29.7 Å². The molecule has 7 heteroatoms. The molecule has 1 aliphatic heterocycles. The van der Waals surface area contributed by atoms with E-state index in [1.54, 1.807) is 12.1 Å². The largest absolute Gasteiger partial charge is 0.476 e. The molecule has 31 heavy (non-hydrogen) atoms. The normalized spacial score (nSPS) is 13.1. The molecule has 160 valence electrons. The standard InChI is InChI=1S/C24H26N4O3/c1-18-26-22(28-14-7-8-15-28)17-23(27-18)30-16-13-25-24(29)20-11-5-6-12-21(20)31-19-9-3-2-4-10-19/h2-6,9-12,17H,7-8,13-16H2,1H3,(H,25,29).